The van der Waals surface area contributed by atoms with Gasteiger partial charge in [0.1, 0.15) is 6.61 Å². The summed E-state index contributed by atoms with van der Waals surface area (Å²) >= 11 is 5.86. The number of aromatic nitrogens is 1. The first-order valence-corrected chi connectivity index (χ1v) is 11.1. The Labute approximate surface area is 206 Å². The quantitative estimate of drug-likeness (QED) is 0.409. The van der Waals surface area contributed by atoms with Gasteiger partial charge in [0, 0.05) is 34.8 Å². The zero-order chi connectivity index (χ0) is 24.8. The van der Waals surface area contributed by atoms with Gasteiger partial charge in [-0.3, -0.25) is 10.1 Å². The van der Waals surface area contributed by atoms with Crippen LogP contribution in [0.4, 0.5) is 38.2 Å². The molecule has 5 amide bonds. The molecule has 1 aliphatic heterocycles. The Morgan fingerprint density at radius 1 is 0.971 bits per heavy atom. The van der Waals surface area contributed by atoms with Crippen LogP contribution in [0.5, 0.6) is 0 Å². The summed E-state index contributed by atoms with van der Waals surface area (Å²) in [6.45, 7) is 2.88. The zero-order valence-corrected chi connectivity index (χ0v) is 19.6. The second-order valence-electron chi connectivity index (χ2n) is 7.66. The molecule has 0 spiro atoms. The largest absolute Gasteiger partial charge is 0.370 e. The zero-order valence-electron chi connectivity index (χ0n) is 18.8. The molecule has 4 rings (SSSR count). The number of rotatable bonds is 5. The molecular weight excluding hydrogens is 472 g/mol. The first-order valence-electron chi connectivity index (χ1n) is 10.7. The van der Waals surface area contributed by atoms with Crippen LogP contribution in [0.1, 0.15) is 5.56 Å². The van der Waals surface area contributed by atoms with Gasteiger partial charge in [0.2, 0.25) is 0 Å². The average Bonchev–Trinajstić information content (AvgIpc) is 2.82. The molecule has 2 aromatic carbocycles. The van der Waals surface area contributed by atoms with Gasteiger partial charge in [0.25, 0.3) is 5.91 Å². The van der Waals surface area contributed by atoms with Gasteiger partial charge in [0.05, 0.1) is 12.3 Å². The summed E-state index contributed by atoms with van der Waals surface area (Å²) in [5, 5.41) is 11.3. The van der Waals surface area contributed by atoms with E-state index in [-0.39, 0.29) is 18.3 Å². The number of ether oxygens (including phenoxy) is 1. The summed E-state index contributed by atoms with van der Waals surface area (Å²) in [5.74, 6) is 0.0704. The van der Waals surface area contributed by atoms with Crippen LogP contribution in [0, 0.1) is 6.92 Å². The van der Waals surface area contributed by atoms with Crippen molar-refractivity contribution in [2.24, 2.45) is 0 Å². The molecule has 0 atom stereocenters. The van der Waals surface area contributed by atoms with E-state index in [1.54, 1.807) is 59.5 Å². The van der Waals surface area contributed by atoms with Gasteiger partial charge in [-0.2, -0.15) is 0 Å². The van der Waals surface area contributed by atoms with Crippen LogP contribution in [0.2, 0.25) is 5.02 Å². The second kappa shape index (κ2) is 10.9. The topological polar surface area (TPSA) is 125 Å². The third-order valence-corrected chi connectivity index (χ3v) is 5.37. The molecule has 0 radical (unpaired) electrons. The second-order valence-corrected chi connectivity index (χ2v) is 8.10. The number of hydrogen-bond donors (Lipinski definition) is 4. The Kier molecular flexibility index (Phi) is 7.44. The Hall–Kier alpha value is -4.15. The van der Waals surface area contributed by atoms with Crippen molar-refractivity contribution in [1.29, 1.82) is 0 Å². The maximum atomic E-state index is 12.6. The fraction of sp³-hybridized carbons (Fsp3) is 0.167. The standard InChI is InChI=1S/C24H23ClN6O4/c1-15-13-18(8-9-20(15)31-11-12-35-14-21(31)32)28-23(33)29-19-3-2-10-26-22(19)30-24(34)27-17-6-4-16(25)5-7-17/h2-10,13H,11-12,14H2,1H3,(H2,28,29,33)(H2,26,27,30,34). The summed E-state index contributed by atoms with van der Waals surface area (Å²) in [7, 11) is 0. The average molecular weight is 495 g/mol. The van der Waals surface area contributed by atoms with Gasteiger partial charge in [-0.25, -0.2) is 14.6 Å². The lowest BCUT2D eigenvalue weighted by atomic mass is 10.1. The molecule has 1 fully saturated rings. The van der Waals surface area contributed by atoms with Crippen molar-refractivity contribution in [2.45, 2.75) is 6.92 Å². The first kappa shape index (κ1) is 24.0. The van der Waals surface area contributed by atoms with Crippen LogP contribution >= 0.6 is 11.6 Å². The number of amides is 5. The molecular formula is C24H23ClN6O4. The number of carbonyl (C=O) groups excluding carboxylic acids is 3. The molecule has 0 unspecified atom stereocenters. The van der Waals surface area contributed by atoms with E-state index in [1.165, 1.54) is 6.20 Å². The highest BCUT2D eigenvalue weighted by Crippen LogP contribution is 2.25. The molecule has 35 heavy (non-hydrogen) atoms. The predicted octanol–water partition coefficient (Wildman–Crippen LogP) is 4.69. The lowest BCUT2D eigenvalue weighted by Crippen LogP contribution is -2.42. The van der Waals surface area contributed by atoms with E-state index in [1.807, 2.05) is 6.92 Å². The van der Waals surface area contributed by atoms with Crippen molar-refractivity contribution < 1.29 is 19.1 Å². The summed E-state index contributed by atoms with van der Waals surface area (Å²) in [4.78, 5) is 42.9. The Morgan fingerprint density at radius 2 is 1.69 bits per heavy atom. The van der Waals surface area contributed by atoms with Gasteiger partial charge in [-0.1, -0.05) is 11.6 Å². The van der Waals surface area contributed by atoms with Gasteiger partial charge in [0.15, 0.2) is 5.82 Å². The van der Waals surface area contributed by atoms with Crippen LogP contribution in [0.15, 0.2) is 60.8 Å². The van der Waals surface area contributed by atoms with E-state index in [0.717, 1.165) is 11.3 Å². The number of pyridine rings is 1. The molecule has 10 nitrogen and oxygen atoms in total. The monoisotopic (exact) mass is 494 g/mol. The number of hydrogen-bond acceptors (Lipinski definition) is 5. The van der Waals surface area contributed by atoms with Gasteiger partial charge in [-0.05, 0) is 67.1 Å². The number of benzene rings is 2. The maximum Gasteiger partial charge on any atom is 0.324 e. The summed E-state index contributed by atoms with van der Waals surface area (Å²) in [6.07, 6.45) is 1.50. The number of aryl methyl sites for hydroxylation is 1. The molecule has 1 aliphatic rings. The maximum absolute atomic E-state index is 12.6. The number of morpholine rings is 1. The normalized spacial score (nSPS) is 13.2. The fourth-order valence-electron chi connectivity index (χ4n) is 3.50. The highest BCUT2D eigenvalue weighted by Gasteiger charge is 2.21. The van der Waals surface area contributed by atoms with Crippen LogP contribution in [0.3, 0.4) is 0 Å². The van der Waals surface area contributed by atoms with E-state index >= 15 is 0 Å². The number of halogens is 1. The van der Waals surface area contributed by atoms with Crippen molar-refractivity contribution in [2.75, 3.05) is 45.9 Å². The number of nitrogens with zero attached hydrogens (tertiary/aromatic N) is 2. The van der Waals surface area contributed by atoms with E-state index in [0.29, 0.717) is 35.2 Å². The summed E-state index contributed by atoms with van der Waals surface area (Å²) in [6, 6.07) is 14.1. The third-order valence-electron chi connectivity index (χ3n) is 5.12. The van der Waals surface area contributed by atoms with Crippen molar-refractivity contribution in [3.8, 4) is 0 Å². The minimum Gasteiger partial charge on any atom is -0.370 e. The molecule has 3 aromatic rings. The highest BCUT2D eigenvalue weighted by atomic mass is 35.5. The smallest absolute Gasteiger partial charge is 0.324 e. The molecule has 1 aromatic heterocycles. The number of carbonyl (C=O) groups is 3. The Morgan fingerprint density at radius 3 is 2.43 bits per heavy atom. The van der Waals surface area contributed by atoms with Gasteiger partial charge in [-0.15, -0.1) is 0 Å². The van der Waals surface area contributed by atoms with Crippen molar-refractivity contribution in [3.63, 3.8) is 0 Å². The molecule has 0 saturated carbocycles. The summed E-state index contributed by atoms with van der Waals surface area (Å²) in [5.41, 5.74) is 3.01. The van der Waals surface area contributed by atoms with Crippen LogP contribution in [0.25, 0.3) is 0 Å². The van der Waals surface area contributed by atoms with E-state index in [4.69, 9.17) is 16.3 Å². The van der Waals surface area contributed by atoms with Crippen LogP contribution in [-0.4, -0.2) is 42.7 Å². The van der Waals surface area contributed by atoms with Crippen LogP contribution in [-0.2, 0) is 9.53 Å². The lowest BCUT2D eigenvalue weighted by molar-refractivity contribution is -0.125. The van der Waals surface area contributed by atoms with Crippen molar-refractivity contribution in [3.05, 3.63) is 71.4 Å². The first-order chi connectivity index (χ1) is 16.9. The van der Waals surface area contributed by atoms with E-state index in [9.17, 15) is 14.4 Å². The molecule has 1 saturated heterocycles. The SMILES string of the molecule is Cc1cc(NC(=O)Nc2cccnc2NC(=O)Nc2ccc(Cl)cc2)ccc1N1CCOCC1=O. The van der Waals surface area contributed by atoms with Gasteiger partial charge < -0.3 is 25.6 Å². The van der Waals surface area contributed by atoms with Crippen molar-refractivity contribution >= 4 is 58.1 Å². The molecule has 0 bridgehead atoms. The molecule has 11 heteroatoms. The molecule has 4 N–H and O–H groups in total. The molecule has 0 aliphatic carbocycles. The van der Waals surface area contributed by atoms with Gasteiger partial charge >= 0.3 is 12.1 Å². The Balaban J connectivity index is 1.38. The predicted molar refractivity (Wildman–Crippen MR) is 135 cm³/mol. The molecule has 2 heterocycles. The minimum atomic E-state index is -0.529. The lowest BCUT2D eigenvalue weighted by Gasteiger charge is -2.28. The van der Waals surface area contributed by atoms with E-state index in [2.05, 4.69) is 26.3 Å². The van der Waals surface area contributed by atoms with E-state index < -0.39 is 12.1 Å². The third kappa shape index (κ3) is 6.25. The van der Waals surface area contributed by atoms with Crippen molar-refractivity contribution in [1.82, 2.24) is 4.98 Å². The number of urea groups is 2. The van der Waals surface area contributed by atoms with Crippen LogP contribution < -0.4 is 26.2 Å². The highest BCUT2D eigenvalue weighted by molar-refractivity contribution is 6.30. The Bertz CT molecular complexity index is 1250. The summed E-state index contributed by atoms with van der Waals surface area (Å²) < 4.78 is 5.18. The minimum absolute atomic E-state index is 0.0566. The number of anilines is 5. The molecule has 180 valence electrons. The fourth-order valence-corrected chi connectivity index (χ4v) is 3.63. The number of nitrogens with one attached hydrogen (secondary N) is 4.